The first-order chi connectivity index (χ1) is 22.6. The van der Waals surface area contributed by atoms with Crippen molar-refractivity contribution < 1.29 is 32.4 Å². The van der Waals surface area contributed by atoms with Gasteiger partial charge in [0.1, 0.15) is 22.3 Å². The van der Waals surface area contributed by atoms with Crippen molar-refractivity contribution in [1.82, 2.24) is 25.6 Å². The number of nitrogens with one attached hydrogen (secondary N) is 4. The molecule has 1 aromatic heterocycles. The molecule has 1 saturated heterocycles. The molecule has 3 fully saturated rings. The van der Waals surface area contributed by atoms with Gasteiger partial charge in [0.25, 0.3) is 15.9 Å². The molecule has 266 valence electrons. The van der Waals surface area contributed by atoms with Crippen LogP contribution in [0.2, 0.25) is 0 Å². The Morgan fingerprint density at radius 1 is 1.06 bits per heavy atom. The zero-order valence-corrected chi connectivity index (χ0v) is 30.1. The van der Waals surface area contributed by atoms with E-state index >= 15 is 0 Å². The number of rotatable bonds is 15. The zero-order chi connectivity index (χ0) is 35.3. The third-order valence-corrected chi connectivity index (χ3v) is 12.6. The van der Waals surface area contributed by atoms with E-state index in [2.05, 4.69) is 27.3 Å². The van der Waals surface area contributed by atoms with Gasteiger partial charge < -0.3 is 20.9 Å². The van der Waals surface area contributed by atoms with E-state index in [-0.39, 0.29) is 23.2 Å². The predicted octanol–water partition coefficient (Wildman–Crippen LogP) is 3.04. The van der Waals surface area contributed by atoms with Crippen LogP contribution in [0.15, 0.2) is 34.4 Å². The molecule has 2 aliphatic carbocycles. The van der Waals surface area contributed by atoms with E-state index in [1.165, 1.54) is 17.0 Å². The highest BCUT2D eigenvalue weighted by Gasteiger charge is 2.47. The normalized spacial score (nSPS) is 21.4. The fourth-order valence-electron chi connectivity index (χ4n) is 6.73. The first-order valence-electron chi connectivity index (χ1n) is 17.0. The van der Waals surface area contributed by atoms with Crippen LogP contribution in [-0.4, -0.2) is 80.0 Å². The lowest BCUT2D eigenvalue weighted by Gasteiger charge is -2.42. The van der Waals surface area contributed by atoms with Crippen LogP contribution in [-0.2, 0) is 34.0 Å². The summed E-state index contributed by atoms with van der Waals surface area (Å²) >= 11 is 1.06. The fourth-order valence-corrected chi connectivity index (χ4v) is 9.07. The van der Waals surface area contributed by atoms with Gasteiger partial charge in [-0.1, -0.05) is 71.9 Å². The maximum absolute atomic E-state index is 14.3. The number of ketones is 1. The van der Waals surface area contributed by atoms with E-state index < -0.39 is 74.4 Å². The van der Waals surface area contributed by atoms with Gasteiger partial charge in [-0.2, -0.15) is 4.72 Å². The fraction of sp³-hybridized carbons (Fsp3) is 0.676. The van der Waals surface area contributed by atoms with E-state index in [0.29, 0.717) is 32.1 Å². The van der Waals surface area contributed by atoms with Crippen LogP contribution >= 0.6 is 11.3 Å². The van der Waals surface area contributed by atoms with Gasteiger partial charge >= 0.3 is 0 Å². The summed E-state index contributed by atoms with van der Waals surface area (Å²) in [5, 5.41) is 9.81. The molecule has 4 rings (SSSR count). The quantitative estimate of drug-likeness (QED) is 0.161. The highest BCUT2D eigenvalue weighted by molar-refractivity contribution is 7.91. The average molecular weight is 706 g/mol. The van der Waals surface area contributed by atoms with Gasteiger partial charge in [0.15, 0.2) is 0 Å². The van der Waals surface area contributed by atoms with Gasteiger partial charge in [-0.3, -0.25) is 24.0 Å². The average Bonchev–Trinajstić information content (AvgIpc) is 3.44. The second-order valence-corrected chi connectivity index (χ2v) is 17.7. The molecule has 1 aromatic rings. The number of carbonyl (C=O) groups is 5. The van der Waals surface area contributed by atoms with Crippen molar-refractivity contribution in [3.05, 3.63) is 30.2 Å². The van der Waals surface area contributed by atoms with Crippen molar-refractivity contribution in [1.29, 1.82) is 0 Å². The Balaban J connectivity index is 1.54. The molecule has 4 N–H and O–H groups in total. The number of Topliss-reactive ketones (excluding diaryl/α,β-unsaturated/α-hetero) is 1. The molecule has 3 aliphatic rings. The molecule has 0 radical (unpaired) electrons. The van der Waals surface area contributed by atoms with Crippen molar-refractivity contribution in [3.63, 3.8) is 0 Å². The Bertz CT molecular complexity index is 1460. The molecular formula is C34H51N5O7S2. The van der Waals surface area contributed by atoms with Crippen LogP contribution < -0.4 is 20.7 Å². The second kappa shape index (κ2) is 15.6. The Morgan fingerprint density at radius 2 is 1.75 bits per heavy atom. The molecule has 48 heavy (non-hydrogen) atoms. The summed E-state index contributed by atoms with van der Waals surface area (Å²) in [5.41, 5.74) is -1.47. The van der Waals surface area contributed by atoms with E-state index in [0.717, 1.165) is 43.4 Å². The standard InChI is InChI=1S/C34H51N5O7S2/c1-6-18-35-30(42)26(40)23(21-22-14-15-22)36-29(41)24-12-10-19-39(24)32(44)28(33(2,3)4)37-31(43)27(34(5)16-8-7-9-17-34)38-48(45,46)25-13-11-20-47-25/h6,11,13,20,22-24,27-28,38H,1,7-10,12,14-19,21H2,2-5H3,(H,35,42)(H,36,41)(H,37,43)/t23?,24-,27+,28+/m0/s1. The van der Waals surface area contributed by atoms with Gasteiger partial charge in [0, 0.05) is 13.1 Å². The van der Waals surface area contributed by atoms with Gasteiger partial charge in [-0.15, -0.1) is 17.9 Å². The lowest BCUT2D eigenvalue weighted by Crippen LogP contribution is -2.63. The maximum Gasteiger partial charge on any atom is 0.289 e. The molecule has 4 amide bonds. The van der Waals surface area contributed by atoms with E-state index in [1.54, 1.807) is 32.2 Å². The van der Waals surface area contributed by atoms with Crippen molar-refractivity contribution in [2.45, 2.75) is 120 Å². The third kappa shape index (κ3) is 9.32. The Labute approximate surface area is 288 Å². The van der Waals surface area contributed by atoms with Gasteiger partial charge in [-0.25, -0.2) is 8.42 Å². The van der Waals surface area contributed by atoms with Crippen LogP contribution in [0.4, 0.5) is 0 Å². The summed E-state index contributed by atoms with van der Waals surface area (Å²) in [5.74, 6) is -2.87. The summed E-state index contributed by atoms with van der Waals surface area (Å²) in [6.45, 7) is 11.3. The van der Waals surface area contributed by atoms with Crippen LogP contribution in [0.5, 0.6) is 0 Å². The summed E-state index contributed by atoms with van der Waals surface area (Å²) in [6.07, 6.45) is 8.53. The van der Waals surface area contributed by atoms with Crippen molar-refractivity contribution >= 4 is 50.8 Å². The number of carbonyl (C=O) groups excluding carboxylic acids is 5. The molecule has 2 heterocycles. The van der Waals surface area contributed by atoms with E-state index in [4.69, 9.17) is 0 Å². The Hall–Kier alpha value is -3.10. The van der Waals surface area contributed by atoms with Crippen molar-refractivity contribution in [3.8, 4) is 0 Å². The van der Waals surface area contributed by atoms with Crippen LogP contribution in [0.25, 0.3) is 0 Å². The van der Waals surface area contributed by atoms with Gasteiger partial charge in [0.05, 0.1) is 6.04 Å². The van der Waals surface area contributed by atoms with Crippen molar-refractivity contribution in [2.24, 2.45) is 16.7 Å². The number of likely N-dealkylation sites (tertiary alicyclic amines) is 1. The minimum atomic E-state index is -4.01. The summed E-state index contributed by atoms with van der Waals surface area (Å²) in [6, 6.07) is -0.987. The van der Waals surface area contributed by atoms with Crippen LogP contribution in [0, 0.1) is 16.7 Å². The minimum Gasteiger partial charge on any atom is -0.346 e. The molecule has 4 atom stereocenters. The lowest BCUT2D eigenvalue weighted by molar-refractivity contribution is -0.145. The number of hydrogen-bond donors (Lipinski definition) is 4. The summed E-state index contributed by atoms with van der Waals surface area (Å²) in [7, 11) is -4.01. The van der Waals surface area contributed by atoms with E-state index in [1.807, 2.05) is 6.92 Å². The van der Waals surface area contributed by atoms with E-state index in [9.17, 15) is 32.4 Å². The molecule has 14 heteroatoms. The third-order valence-electron chi connectivity index (χ3n) is 9.76. The number of nitrogens with zero attached hydrogens (tertiary/aromatic N) is 1. The monoisotopic (exact) mass is 705 g/mol. The maximum atomic E-state index is 14.3. The summed E-state index contributed by atoms with van der Waals surface area (Å²) in [4.78, 5) is 69.0. The van der Waals surface area contributed by atoms with Gasteiger partial charge in [0.2, 0.25) is 23.5 Å². The number of amides is 4. The number of sulfonamides is 1. The highest BCUT2D eigenvalue weighted by Crippen LogP contribution is 2.40. The lowest BCUT2D eigenvalue weighted by atomic mass is 9.70. The van der Waals surface area contributed by atoms with Crippen LogP contribution in [0.1, 0.15) is 91.9 Å². The first-order valence-corrected chi connectivity index (χ1v) is 19.3. The molecule has 12 nitrogen and oxygen atoms in total. The first kappa shape index (κ1) is 37.7. The predicted molar refractivity (Wildman–Crippen MR) is 183 cm³/mol. The molecule has 0 aromatic carbocycles. The Kier molecular flexibility index (Phi) is 12.3. The number of thiophene rings is 1. The molecule has 0 bridgehead atoms. The molecule has 0 spiro atoms. The molecular weight excluding hydrogens is 655 g/mol. The largest absolute Gasteiger partial charge is 0.346 e. The molecule has 1 aliphatic heterocycles. The minimum absolute atomic E-state index is 0.103. The zero-order valence-electron chi connectivity index (χ0n) is 28.5. The van der Waals surface area contributed by atoms with Crippen LogP contribution in [0.3, 0.4) is 0 Å². The topological polar surface area (TPSA) is 171 Å². The molecule has 1 unspecified atom stereocenters. The molecule has 2 saturated carbocycles. The van der Waals surface area contributed by atoms with Gasteiger partial charge in [-0.05, 0) is 60.3 Å². The summed E-state index contributed by atoms with van der Waals surface area (Å²) < 4.78 is 29.6. The second-order valence-electron chi connectivity index (χ2n) is 14.8. The smallest absolute Gasteiger partial charge is 0.289 e. The highest BCUT2D eigenvalue weighted by atomic mass is 32.2. The van der Waals surface area contributed by atoms with Crippen molar-refractivity contribution in [2.75, 3.05) is 13.1 Å². The number of hydrogen-bond acceptors (Lipinski definition) is 8. The SMILES string of the molecule is C=CCNC(=O)C(=O)C(CC1CC1)NC(=O)[C@@H]1CCCN1C(=O)[C@@H](NC(=O)[C@@H](NS(=O)(=O)c1cccs1)C1(C)CCCCC1)C(C)(C)C. The Morgan fingerprint density at radius 3 is 2.33 bits per heavy atom.